The molecule has 0 unspecified atom stereocenters. The third-order valence-electron chi connectivity index (χ3n) is 4.08. The fourth-order valence-corrected chi connectivity index (χ4v) is 4.54. The third kappa shape index (κ3) is 4.84. The van der Waals surface area contributed by atoms with E-state index in [1.165, 1.54) is 47.8 Å². The number of thiophene rings is 1. The van der Waals surface area contributed by atoms with Crippen molar-refractivity contribution in [2.75, 3.05) is 5.32 Å². The van der Waals surface area contributed by atoms with Crippen molar-refractivity contribution in [2.45, 2.75) is 27.3 Å². The van der Waals surface area contributed by atoms with Crippen molar-refractivity contribution in [1.82, 2.24) is 10.3 Å². The van der Waals surface area contributed by atoms with Gasteiger partial charge in [0.05, 0.1) is 22.0 Å². The minimum Gasteiger partial charge on any atom is -0.351 e. The van der Waals surface area contributed by atoms with E-state index in [4.69, 9.17) is 0 Å². The largest absolute Gasteiger partial charge is 0.351 e. The Bertz CT molecular complexity index is 1100. The summed E-state index contributed by atoms with van der Waals surface area (Å²) in [5, 5.41) is 16.9. The first-order chi connectivity index (χ1) is 13.7. The Morgan fingerprint density at radius 3 is 2.59 bits per heavy atom. The van der Waals surface area contributed by atoms with Gasteiger partial charge in [-0.2, -0.15) is 0 Å². The number of hydrogen-bond donors (Lipinski definition) is 2. The molecule has 10 heteroatoms. The Morgan fingerprint density at radius 1 is 1.17 bits per heavy atom. The molecule has 0 saturated heterocycles. The number of nitro groups is 1. The second-order valence-electron chi connectivity index (χ2n) is 6.31. The summed E-state index contributed by atoms with van der Waals surface area (Å²) in [4.78, 5) is 41.4. The molecule has 2 heterocycles. The minimum absolute atomic E-state index is 0.0262. The zero-order valence-corrected chi connectivity index (χ0v) is 17.6. The predicted molar refractivity (Wildman–Crippen MR) is 113 cm³/mol. The first-order valence-electron chi connectivity index (χ1n) is 8.62. The van der Waals surface area contributed by atoms with E-state index in [9.17, 15) is 19.7 Å². The van der Waals surface area contributed by atoms with Crippen LogP contribution in [0.2, 0.25) is 0 Å². The van der Waals surface area contributed by atoms with Crippen LogP contribution in [0.1, 0.15) is 32.6 Å². The third-order valence-corrected chi connectivity index (χ3v) is 6.06. The fraction of sp³-hybridized carbons (Fsp3) is 0.211. The number of nitrogens with one attached hydrogen (secondary N) is 2. The van der Waals surface area contributed by atoms with E-state index in [2.05, 4.69) is 15.6 Å². The van der Waals surface area contributed by atoms with Crippen LogP contribution in [0.4, 0.5) is 10.8 Å². The highest BCUT2D eigenvalue weighted by Crippen LogP contribution is 2.35. The number of aryl methyl sites for hydroxylation is 2. The first-order valence-corrected chi connectivity index (χ1v) is 10.2. The van der Waals surface area contributed by atoms with Crippen LogP contribution in [-0.4, -0.2) is 21.7 Å². The SMILES string of the molecule is CC(=O)NCc1ccc(-c2nc(NC(=O)c3ccc([N+](=O)[O-])c(C)c3)sc2C)s1. The molecule has 2 N–H and O–H groups in total. The molecule has 0 bridgehead atoms. The standard InChI is InChI=1S/C19H18N4O4S2/c1-10-8-13(4-6-15(10)23(26)27)18(25)22-19-21-17(11(2)28-19)16-7-5-14(29-16)9-20-12(3)24/h4-8H,9H2,1-3H3,(H,20,24)(H,21,22,25). The highest BCUT2D eigenvalue weighted by Gasteiger charge is 2.17. The number of thiazole rings is 1. The molecule has 3 aromatic rings. The van der Waals surface area contributed by atoms with Crippen molar-refractivity contribution in [3.63, 3.8) is 0 Å². The van der Waals surface area contributed by atoms with Crippen LogP contribution >= 0.6 is 22.7 Å². The Hall–Kier alpha value is -3.11. The van der Waals surface area contributed by atoms with Crippen molar-refractivity contribution < 1.29 is 14.5 Å². The molecular weight excluding hydrogens is 412 g/mol. The lowest BCUT2D eigenvalue weighted by molar-refractivity contribution is -0.385. The van der Waals surface area contributed by atoms with E-state index >= 15 is 0 Å². The lowest BCUT2D eigenvalue weighted by Crippen LogP contribution is -2.17. The Balaban J connectivity index is 1.75. The van der Waals surface area contributed by atoms with Crippen LogP contribution in [0.5, 0.6) is 0 Å². The number of aromatic nitrogens is 1. The average Bonchev–Trinajstić information content (AvgIpc) is 3.25. The number of rotatable bonds is 6. The van der Waals surface area contributed by atoms with Gasteiger partial charge in [0, 0.05) is 33.9 Å². The van der Waals surface area contributed by atoms with E-state index in [1.807, 2.05) is 19.1 Å². The van der Waals surface area contributed by atoms with Crippen molar-refractivity contribution in [2.24, 2.45) is 0 Å². The smallest absolute Gasteiger partial charge is 0.272 e. The molecule has 29 heavy (non-hydrogen) atoms. The van der Waals surface area contributed by atoms with Crippen LogP contribution in [0.15, 0.2) is 30.3 Å². The summed E-state index contributed by atoms with van der Waals surface area (Å²) in [5.41, 5.74) is 1.51. The van der Waals surface area contributed by atoms with E-state index in [-0.39, 0.29) is 17.5 Å². The van der Waals surface area contributed by atoms with Crippen LogP contribution in [-0.2, 0) is 11.3 Å². The summed E-state index contributed by atoms with van der Waals surface area (Å²) in [7, 11) is 0. The Kier molecular flexibility index (Phi) is 6.04. The maximum Gasteiger partial charge on any atom is 0.272 e. The van der Waals surface area contributed by atoms with E-state index in [0.29, 0.717) is 22.8 Å². The van der Waals surface area contributed by atoms with Crippen LogP contribution in [0.3, 0.4) is 0 Å². The quantitative estimate of drug-likeness (QED) is 0.447. The number of benzene rings is 1. The molecule has 3 rings (SSSR count). The molecule has 8 nitrogen and oxygen atoms in total. The second-order valence-corrected chi connectivity index (χ2v) is 8.68. The number of nitrogens with zero attached hydrogens (tertiary/aromatic N) is 2. The van der Waals surface area contributed by atoms with Crippen molar-refractivity contribution in [3.8, 4) is 10.6 Å². The Labute approximate surface area is 174 Å². The minimum atomic E-state index is -0.477. The molecule has 0 spiro atoms. The second kappa shape index (κ2) is 8.50. The summed E-state index contributed by atoms with van der Waals surface area (Å²) in [5.74, 6) is -0.461. The molecule has 150 valence electrons. The number of nitro benzene ring substituents is 1. The van der Waals surface area contributed by atoms with Gasteiger partial charge in [-0.05, 0) is 38.1 Å². The number of amides is 2. The molecule has 0 saturated carbocycles. The molecule has 1 aromatic carbocycles. The number of hydrogen-bond acceptors (Lipinski definition) is 7. The van der Waals surface area contributed by atoms with Gasteiger partial charge in [-0.15, -0.1) is 22.7 Å². The molecule has 0 radical (unpaired) electrons. The summed E-state index contributed by atoms with van der Waals surface area (Å²) < 4.78 is 0. The van der Waals surface area contributed by atoms with Crippen LogP contribution < -0.4 is 10.6 Å². The number of anilines is 1. The summed E-state index contributed by atoms with van der Waals surface area (Å²) in [6.45, 7) is 5.45. The summed E-state index contributed by atoms with van der Waals surface area (Å²) >= 11 is 2.89. The lowest BCUT2D eigenvalue weighted by Gasteiger charge is -2.03. The van der Waals surface area contributed by atoms with Gasteiger partial charge in [0.15, 0.2) is 5.13 Å². The molecule has 0 fully saturated rings. The van der Waals surface area contributed by atoms with Gasteiger partial charge in [0.2, 0.25) is 5.91 Å². The monoisotopic (exact) mass is 430 g/mol. The van der Waals surface area contributed by atoms with Crippen molar-refractivity contribution in [1.29, 1.82) is 0 Å². The zero-order chi connectivity index (χ0) is 21.1. The highest BCUT2D eigenvalue weighted by atomic mass is 32.1. The van der Waals surface area contributed by atoms with Gasteiger partial charge in [-0.1, -0.05) is 0 Å². The number of carbonyl (C=O) groups is 2. The highest BCUT2D eigenvalue weighted by molar-refractivity contribution is 7.18. The summed E-state index contributed by atoms with van der Waals surface area (Å²) in [6, 6.07) is 8.12. The Morgan fingerprint density at radius 2 is 1.93 bits per heavy atom. The molecule has 0 atom stereocenters. The molecule has 0 aliphatic rings. The molecule has 0 aliphatic carbocycles. The topological polar surface area (TPSA) is 114 Å². The fourth-order valence-electron chi connectivity index (χ4n) is 2.66. The van der Waals surface area contributed by atoms with E-state index < -0.39 is 4.92 Å². The first kappa shape index (κ1) is 20.6. The van der Waals surface area contributed by atoms with Gasteiger partial charge in [-0.3, -0.25) is 25.0 Å². The maximum absolute atomic E-state index is 12.5. The van der Waals surface area contributed by atoms with Crippen LogP contribution in [0, 0.1) is 24.0 Å². The van der Waals surface area contributed by atoms with Crippen molar-refractivity contribution >= 4 is 45.3 Å². The van der Waals surface area contributed by atoms with Crippen LogP contribution in [0.25, 0.3) is 10.6 Å². The van der Waals surface area contributed by atoms with E-state index in [1.54, 1.807) is 6.92 Å². The van der Waals surface area contributed by atoms with Gasteiger partial charge < -0.3 is 5.32 Å². The number of carbonyl (C=O) groups excluding carboxylic acids is 2. The van der Waals surface area contributed by atoms with Crippen molar-refractivity contribution in [3.05, 3.63) is 61.3 Å². The maximum atomic E-state index is 12.5. The molecule has 2 amide bonds. The lowest BCUT2D eigenvalue weighted by atomic mass is 10.1. The average molecular weight is 431 g/mol. The summed E-state index contributed by atoms with van der Waals surface area (Å²) in [6.07, 6.45) is 0. The predicted octanol–water partition coefficient (Wildman–Crippen LogP) is 4.29. The van der Waals surface area contributed by atoms with Gasteiger partial charge in [-0.25, -0.2) is 4.98 Å². The molecule has 2 aromatic heterocycles. The van der Waals surface area contributed by atoms with Gasteiger partial charge in [0.25, 0.3) is 11.6 Å². The zero-order valence-electron chi connectivity index (χ0n) is 15.9. The van der Waals surface area contributed by atoms with Gasteiger partial charge >= 0.3 is 0 Å². The van der Waals surface area contributed by atoms with E-state index in [0.717, 1.165) is 20.3 Å². The normalized spacial score (nSPS) is 10.6. The molecule has 0 aliphatic heterocycles. The molecular formula is C19H18N4O4S2. The van der Waals surface area contributed by atoms with Gasteiger partial charge in [0.1, 0.15) is 0 Å².